The SMILES string of the molecule is CCNC(=NCc1cccc(C(=O)NC(C)(C)C)c1)NCCc1cc(C)ccc1OC. The third kappa shape index (κ3) is 8.32. The van der Waals surface area contributed by atoms with Gasteiger partial charge in [-0.05, 0) is 70.4 Å². The highest BCUT2D eigenvalue weighted by Crippen LogP contribution is 2.19. The fourth-order valence-corrected chi connectivity index (χ4v) is 3.15. The summed E-state index contributed by atoms with van der Waals surface area (Å²) < 4.78 is 5.47. The predicted molar refractivity (Wildman–Crippen MR) is 128 cm³/mol. The Morgan fingerprint density at radius 3 is 2.55 bits per heavy atom. The maximum atomic E-state index is 12.4. The van der Waals surface area contributed by atoms with Crippen LogP contribution in [0.4, 0.5) is 0 Å². The van der Waals surface area contributed by atoms with Crippen molar-refractivity contribution in [2.45, 2.75) is 53.1 Å². The van der Waals surface area contributed by atoms with Crippen molar-refractivity contribution in [1.29, 1.82) is 0 Å². The number of carbonyl (C=O) groups excluding carboxylic acids is 1. The highest BCUT2D eigenvalue weighted by molar-refractivity contribution is 5.94. The Hall–Kier alpha value is -3.02. The average molecular weight is 425 g/mol. The van der Waals surface area contributed by atoms with Gasteiger partial charge in [-0.25, -0.2) is 4.99 Å². The van der Waals surface area contributed by atoms with Crippen molar-refractivity contribution in [2.24, 2.45) is 4.99 Å². The van der Waals surface area contributed by atoms with E-state index in [2.05, 4.69) is 40.0 Å². The van der Waals surface area contributed by atoms with Gasteiger partial charge in [-0.15, -0.1) is 0 Å². The summed E-state index contributed by atoms with van der Waals surface area (Å²) in [6.45, 7) is 12.0. The lowest BCUT2D eigenvalue weighted by Gasteiger charge is -2.20. The lowest BCUT2D eigenvalue weighted by Crippen LogP contribution is -2.40. The lowest BCUT2D eigenvalue weighted by molar-refractivity contribution is 0.0919. The van der Waals surface area contributed by atoms with E-state index < -0.39 is 0 Å². The molecule has 3 N–H and O–H groups in total. The molecule has 31 heavy (non-hydrogen) atoms. The standard InChI is InChI=1S/C25H36N4O2/c1-7-26-24(27-14-13-20-15-18(2)11-12-22(20)31-6)28-17-19-9-8-10-21(16-19)23(30)29-25(3,4)5/h8-12,15-16H,7,13-14,17H2,1-6H3,(H,29,30)(H2,26,27,28). The fraction of sp³-hybridized carbons (Fsp3) is 0.440. The van der Waals surface area contributed by atoms with Crippen molar-refractivity contribution < 1.29 is 9.53 Å². The zero-order valence-corrected chi connectivity index (χ0v) is 19.6. The van der Waals surface area contributed by atoms with Gasteiger partial charge in [0.15, 0.2) is 5.96 Å². The first kappa shape index (κ1) is 24.3. The van der Waals surface area contributed by atoms with E-state index in [0.29, 0.717) is 12.1 Å². The van der Waals surface area contributed by atoms with Crippen LogP contribution in [0, 0.1) is 6.92 Å². The molecule has 0 heterocycles. The molecule has 168 valence electrons. The largest absolute Gasteiger partial charge is 0.496 e. The molecule has 0 spiro atoms. The number of aliphatic imine (C=N–C) groups is 1. The van der Waals surface area contributed by atoms with Crippen molar-refractivity contribution in [1.82, 2.24) is 16.0 Å². The molecule has 0 unspecified atom stereocenters. The summed E-state index contributed by atoms with van der Waals surface area (Å²) in [6.07, 6.45) is 0.831. The van der Waals surface area contributed by atoms with Gasteiger partial charge in [-0.2, -0.15) is 0 Å². The minimum Gasteiger partial charge on any atom is -0.496 e. The molecule has 0 saturated carbocycles. The minimum absolute atomic E-state index is 0.0736. The Kier molecular flexibility index (Phi) is 8.91. The third-order valence-corrected chi connectivity index (χ3v) is 4.56. The topological polar surface area (TPSA) is 74.8 Å². The summed E-state index contributed by atoms with van der Waals surface area (Å²) in [4.78, 5) is 17.1. The van der Waals surface area contributed by atoms with Gasteiger partial charge in [0.2, 0.25) is 0 Å². The Morgan fingerprint density at radius 1 is 1.10 bits per heavy atom. The number of amides is 1. The zero-order chi connectivity index (χ0) is 22.9. The quantitative estimate of drug-likeness (QED) is 0.445. The van der Waals surface area contributed by atoms with Crippen molar-refractivity contribution in [3.05, 3.63) is 64.7 Å². The second-order valence-electron chi connectivity index (χ2n) is 8.59. The number of guanidine groups is 1. The first-order chi connectivity index (χ1) is 14.7. The maximum absolute atomic E-state index is 12.4. The first-order valence-electron chi connectivity index (χ1n) is 10.8. The molecular weight excluding hydrogens is 388 g/mol. The van der Waals surface area contributed by atoms with Gasteiger partial charge in [0.05, 0.1) is 13.7 Å². The first-order valence-corrected chi connectivity index (χ1v) is 10.8. The third-order valence-electron chi connectivity index (χ3n) is 4.56. The maximum Gasteiger partial charge on any atom is 0.251 e. The second-order valence-corrected chi connectivity index (χ2v) is 8.59. The van der Waals surface area contributed by atoms with E-state index in [9.17, 15) is 4.79 Å². The number of carbonyl (C=O) groups is 1. The molecule has 0 aromatic heterocycles. The number of benzene rings is 2. The lowest BCUT2D eigenvalue weighted by atomic mass is 10.1. The summed E-state index contributed by atoms with van der Waals surface area (Å²) in [5, 5.41) is 9.65. The van der Waals surface area contributed by atoms with Crippen LogP contribution in [0.15, 0.2) is 47.5 Å². The smallest absolute Gasteiger partial charge is 0.251 e. The predicted octanol–water partition coefficient (Wildman–Crippen LogP) is 3.83. The summed E-state index contributed by atoms with van der Waals surface area (Å²) in [5.41, 5.74) is 3.74. The molecule has 0 saturated heterocycles. The normalized spacial score (nSPS) is 11.7. The summed E-state index contributed by atoms with van der Waals surface area (Å²) in [6, 6.07) is 13.8. The molecule has 0 radical (unpaired) electrons. The van der Waals surface area contributed by atoms with E-state index in [0.717, 1.165) is 36.8 Å². The minimum atomic E-state index is -0.270. The Bertz CT molecular complexity index is 901. The molecule has 2 aromatic carbocycles. The monoisotopic (exact) mass is 424 g/mol. The molecule has 2 aromatic rings. The van der Waals surface area contributed by atoms with E-state index in [1.54, 1.807) is 7.11 Å². The van der Waals surface area contributed by atoms with Crippen molar-refractivity contribution in [2.75, 3.05) is 20.2 Å². The molecule has 6 heteroatoms. The number of methoxy groups -OCH3 is 1. The van der Waals surface area contributed by atoms with Crippen molar-refractivity contribution >= 4 is 11.9 Å². The molecule has 0 aliphatic carbocycles. The number of hydrogen-bond acceptors (Lipinski definition) is 3. The van der Waals surface area contributed by atoms with E-state index in [-0.39, 0.29) is 11.4 Å². The summed E-state index contributed by atoms with van der Waals surface area (Å²) in [5.74, 6) is 1.58. The van der Waals surface area contributed by atoms with Crippen LogP contribution in [-0.4, -0.2) is 37.6 Å². The Balaban J connectivity index is 2.01. The number of aryl methyl sites for hydroxylation is 1. The number of hydrogen-bond donors (Lipinski definition) is 3. The van der Waals surface area contributed by atoms with Crippen molar-refractivity contribution in [3.63, 3.8) is 0 Å². The van der Waals surface area contributed by atoms with Gasteiger partial charge in [0.25, 0.3) is 5.91 Å². The van der Waals surface area contributed by atoms with Gasteiger partial charge in [-0.1, -0.05) is 29.8 Å². The second kappa shape index (κ2) is 11.4. The number of rotatable bonds is 8. The summed E-state index contributed by atoms with van der Waals surface area (Å²) in [7, 11) is 1.70. The van der Waals surface area contributed by atoms with Gasteiger partial charge >= 0.3 is 0 Å². The number of nitrogens with one attached hydrogen (secondary N) is 3. The van der Waals surface area contributed by atoms with Crippen LogP contribution in [0.1, 0.15) is 54.7 Å². The Labute approximate surface area is 186 Å². The highest BCUT2D eigenvalue weighted by atomic mass is 16.5. The number of ether oxygens (including phenoxy) is 1. The van der Waals surface area contributed by atoms with Gasteiger partial charge in [0, 0.05) is 24.2 Å². The molecule has 0 bridgehead atoms. The van der Waals surface area contributed by atoms with Crippen LogP contribution in [0.2, 0.25) is 0 Å². The van der Waals surface area contributed by atoms with Crippen LogP contribution in [0.25, 0.3) is 0 Å². The van der Waals surface area contributed by atoms with Crippen LogP contribution in [0.3, 0.4) is 0 Å². The Morgan fingerprint density at radius 2 is 1.87 bits per heavy atom. The van der Waals surface area contributed by atoms with Gasteiger partial charge in [-0.3, -0.25) is 4.79 Å². The van der Waals surface area contributed by atoms with E-state index in [4.69, 9.17) is 4.74 Å². The van der Waals surface area contributed by atoms with Crippen LogP contribution >= 0.6 is 0 Å². The van der Waals surface area contributed by atoms with Gasteiger partial charge in [0.1, 0.15) is 5.75 Å². The zero-order valence-electron chi connectivity index (χ0n) is 19.6. The average Bonchev–Trinajstić information content (AvgIpc) is 2.71. The molecule has 0 atom stereocenters. The van der Waals surface area contributed by atoms with Crippen LogP contribution < -0.4 is 20.7 Å². The van der Waals surface area contributed by atoms with Crippen molar-refractivity contribution in [3.8, 4) is 5.75 Å². The van der Waals surface area contributed by atoms with Crippen LogP contribution in [0.5, 0.6) is 5.75 Å². The van der Waals surface area contributed by atoms with Crippen LogP contribution in [-0.2, 0) is 13.0 Å². The molecule has 6 nitrogen and oxygen atoms in total. The van der Waals surface area contributed by atoms with E-state index in [1.807, 2.05) is 58.0 Å². The molecule has 1 amide bonds. The van der Waals surface area contributed by atoms with E-state index >= 15 is 0 Å². The number of nitrogens with zero attached hydrogens (tertiary/aromatic N) is 1. The summed E-state index contributed by atoms with van der Waals surface area (Å²) >= 11 is 0. The molecule has 0 aliphatic heterocycles. The molecule has 0 aliphatic rings. The molecule has 2 rings (SSSR count). The van der Waals surface area contributed by atoms with E-state index in [1.165, 1.54) is 11.1 Å². The molecular formula is C25H36N4O2. The van der Waals surface area contributed by atoms with Gasteiger partial charge < -0.3 is 20.7 Å². The fourth-order valence-electron chi connectivity index (χ4n) is 3.15. The highest BCUT2D eigenvalue weighted by Gasteiger charge is 2.15. The molecule has 0 fully saturated rings.